The first-order valence-electron chi connectivity index (χ1n) is 6.27. The summed E-state index contributed by atoms with van der Waals surface area (Å²) in [7, 11) is 0. The van der Waals surface area contributed by atoms with Crippen molar-refractivity contribution in [1.29, 1.82) is 5.26 Å². The van der Waals surface area contributed by atoms with E-state index in [1.807, 2.05) is 36.4 Å². The Hall–Kier alpha value is -2.31. The number of nitriles is 1. The van der Waals surface area contributed by atoms with Crippen LogP contribution in [0.1, 0.15) is 11.1 Å². The van der Waals surface area contributed by atoms with E-state index in [2.05, 4.69) is 17.5 Å². The molecule has 2 aliphatic rings. The lowest BCUT2D eigenvalue weighted by Crippen LogP contribution is -2.34. The zero-order valence-electron chi connectivity index (χ0n) is 10.4. The molecule has 1 aromatic rings. The van der Waals surface area contributed by atoms with E-state index in [0.717, 1.165) is 23.4 Å². The van der Waals surface area contributed by atoms with E-state index in [4.69, 9.17) is 0 Å². The lowest BCUT2D eigenvalue weighted by atomic mass is 9.70. The summed E-state index contributed by atoms with van der Waals surface area (Å²) < 4.78 is 0. The van der Waals surface area contributed by atoms with Gasteiger partial charge in [-0.3, -0.25) is 0 Å². The molecule has 3 heteroatoms. The number of nitrogens with one attached hydrogen (secondary N) is 1. The highest BCUT2D eigenvalue weighted by Gasteiger charge is 2.39. The van der Waals surface area contributed by atoms with Crippen molar-refractivity contribution < 1.29 is 5.11 Å². The Kier molecular flexibility index (Phi) is 2.73. The summed E-state index contributed by atoms with van der Waals surface area (Å²) >= 11 is 0. The third kappa shape index (κ3) is 1.61. The average Bonchev–Trinajstić information content (AvgIpc) is 2.96. The molecule has 1 unspecified atom stereocenters. The van der Waals surface area contributed by atoms with Gasteiger partial charge in [0.05, 0.1) is 23.7 Å². The minimum absolute atomic E-state index is 0.0486. The van der Waals surface area contributed by atoms with Gasteiger partial charge in [0, 0.05) is 12.2 Å². The molecule has 0 saturated carbocycles. The van der Waals surface area contributed by atoms with Crippen LogP contribution < -0.4 is 5.32 Å². The molecule has 1 aromatic carbocycles. The molecule has 3 rings (SSSR count). The van der Waals surface area contributed by atoms with Gasteiger partial charge in [-0.15, -0.1) is 0 Å². The van der Waals surface area contributed by atoms with Gasteiger partial charge in [-0.25, -0.2) is 0 Å². The minimum atomic E-state index is -0.611. The Morgan fingerprint density at radius 1 is 1.37 bits per heavy atom. The summed E-state index contributed by atoms with van der Waals surface area (Å²) in [5.41, 5.74) is 2.94. The number of fused-ring (bicyclic) bond motifs is 1. The maximum atomic E-state index is 10.0. The van der Waals surface area contributed by atoms with Gasteiger partial charge < -0.3 is 10.4 Å². The van der Waals surface area contributed by atoms with Gasteiger partial charge in [0.15, 0.2) is 0 Å². The summed E-state index contributed by atoms with van der Waals surface area (Å²) in [6.07, 6.45) is 8.00. The van der Waals surface area contributed by atoms with Crippen LogP contribution in [0.4, 0.5) is 0 Å². The number of allylic oxidation sites excluding steroid dienone is 3. The van der Waals surface area contributed by atoms with Crippen molar-refractivity contribution in [2.24, 2.45) is 0 Å². The molecule has 1 aliphatic carbocycles. The third-order valence-electron chi connectivity index (χ3n) is 3.79. The fraction of sp³-hybridized carbons (Fsp3) is 0.188. The minimum Gasteiger partial charge on any atom is -0.395 e. The van der Waals surface area contributed by atoms with Crippen LogP contribution in [0.3, 0.4) is 0 Å². The number of hydrogen-bond donors (Lipinski definition) is 2. The molecule has 1 heterocycles. The molecule has 0 amide bonds. The number of aliphatic hydroxyl groups excluding tert-OH is 1. The molecule has 0 radical (unpaired) electrons. The Morgan fingerprint density at radius 2 is 2.21 bits per heavy atom. The maximum Gasteiger partial charge on any atom is 0.0994 e. The van der Waals surface area contributed by atoms with Crippen LogP contribution in [0.15, 0.2) is 59.8 Å². The van der Waals surface area contributed by atoms with Gasteiger partial charge in [0.25, 0.3) is 0 Å². The first kappa shape index (κ1) is 11.8. The number of nitrogens with zero attached hydrogens (tertiary/aromatic N) is 1. The monoisotopic (exact) mass is 250 g/mol. The molecule has 3 nitrogen and oxygen atoms in total. The normalized spacial score (nSPS) is 24.0. The summed E-state index contributed by atoms with van der Waals surface area (Å²) in [4.78, 5) is 0. The average molecular weight is 250 g/mol. The third-order valence-corrected chi connectivity index (χ3v) is 3.79. The number of benzene rings is 1. The van der Waals surface area contributed by atoms with Crippen molar-refractivity contribution in [3.8, 4) is 6.07 Å². The van der Waals surface area contributed by atoms with Gasteiger partial charge in [-0.2, -0.15) is 5.26 Å². The van der Waals surface area contributed by atoms with Crippen molar-refractivity contribution in [2.45, 2.75) is 5.41 Å². The molecular formula is C16H14N2O. The number of aliphatic hydroxyl groups is 1. The second-order valence-corrected chi connectivity index (χ2v) is 4.73. The molecular weight excluding hydrogens is 236 g/mol. The van der Waals surface area contributed by atoms with Crippen molar-refractivity contribution in [3.05, 3.63) is 71.0 Å². The second-order valence-electron chi connectivity index (χ2n) is 4.73. The lowest BCUT2D eigenvalue weighted by Gasteiger charge is -2.34. The van der Waals surface area contributed by atoms with Crippen LogP contribution in [0.25, 0.3) is 0 Å². The van der Waals surface area contributed by atoms with Crippen LogP contribution >= 0.6 is 0 Å². The van der Waals surface area contributed by atoms with Crippen LogP contribution in [-0.4, -0.2) is 18.3 Å². The molecule has 94 valence electrons. The molecule has 2 N–H and O–H groups in total. The Labute approximate surface area is 112 Å². The topological polar surface area (TPSA) is 56.0 Å². The Morgan fingerprint density at radius 3 is 3.00 bits per heavy atom. The van der Waals surface area contributed by atoms with E-state index in [-0.39, 0.29) is 6.61 Å². The van der Waals surface area contributed by atoms with Crippen LogP contribution in [0.2, 0.25) is 0 Å². The zero-order chi connectivity index (χ0) is 13.3. The Bertz CT molecular complexity index is 649. The fourth-order valence-corrected chi connectivity index (χ4v) is 2.87. The molecule has 0 bridgehead atoms. The summed E-state index contributed by atoms with van der Waals surface area (Å²) in [6, 6.07) is 9.68. The molecule has 1 aliphatic heterocycles. The maximum absolute atomic E-state index is 10.0. The zero-order valence-corrected chi connectivity index (χ0v) is 10.4. The van der Waals surface area contributed by atoms with Gasteiger partial charge in [-0.05, 0) is 23.3 Å². The van der Waals surface area contributed by atoms with Gasteiger partial charge in [-0.1, -0.05) is 36.4 Å². The smallest absolute Gasteiger partial charge is 0.0994 e. The number of rotatable bonds is 2. The number of hydrogen-bond acceptors (Lipinski definition) is 3. The van der Waals surface area contributed by atoms with Crippen molar-refractivity contribution >= 4 is 0 Å². The van der Waals surface area contributed by atoms with Gasteiger partial charge in [0.1, 0.15) is 0 Å². The van der Waals surface area contributed by atoms with Crippen molar-refractivity contribution in [1.82, 2.24) is 5.32 Å². The fourth-order valence-electron chi connectivity index (χ4n) is 2.87. The van der Waals surface area contributed by atoms with E-state index in [1.165, 1.54) is 0 Å². The summed E-state index contributed by atoms with van der Waals surface area (Å²) in [6.45, 7) is 0.715. The standard InChI is InChI=1S/C16H14N2O/c17-10-12-4-1-2-5-13(12)16(11-19)8-3-6-15-14(16)7-9-18-15/h1-8,18-19H,9,11H2. The summed E-state index contributed by atoms with van der Waals surface area (Å²) in [5.74, 6) is 0. The van der Waals surface area contributed by atoms with E-state index >= 15 is 0 Å². The van der Waals surface area contributed by atoms with Gasteiger partial charge in [0.2, 0.25) is 0 Å². The predicted octanol–water partition coefficient (Wildman–Crippen LogP) is 1.77. The highest BCUT2D eigenvalue weighted by Crippen LogP contribution is 2.42. The van der Waals surface area contributed by atoms with E-state index in [1.54, 1.807) is 6.07 Å². The molecule has 0 spiro atoms. The highest BCUT2D eigenvalue weighted by molar-refractivity contribution is 5.60. The molecule has 0 saturated heterocycles. The molecule has 0 fully saturated rings. The van der Waals surface area contributed by atoms with Crippen LogP contribution in [0, 0.1) is 11.3 Å². The van der Waals surface area contributed by atoms with Crippen LogP contribution in [0.5, 0.6) is 0 Å². The van der Waals surface area contributed by atoms with E-state index in [0.29, 0.717) is 5.56 Å². The second kappa shape index (κ2) is 4.42. The van der Waals surface area contributed by atoms with Gasteiger partial charge >= 0.3 is 0 Å². The predicted molar refractivity (Wildman–Crippen MR) is 73.2 cm³/mol. The highest BCUT2D eigenvalue weighted by atomic mass is 16.3. The van der Waals surface area contributed by atoms with Crippen molar-refractivity contribution in [3.63, 3.8) is 0 Å². The Balaban J connectivity index is 2.23. The molecule has 19 heavy (non-hydrogen) atoms. The molecule has 1 atom stereocenters. The quantitative estimate of drug-likeness (QED) is 0.841. The van der Waals surface area contributed by atoms with E-state index in [9.17, 15) is 10.4 Å². The largest absolute Gasteiger partial charge is 0.395 e. The first-order chi connectivity index (χ1) is 9.31. The summed E-state index contributed by atoms with van der Waals surface area (Å²) in [5, 5.41) is 22.6. The van der Waals surface area contributed by atoms with Crippen LogP contribution in [-0.2, 0) is 5.41 Å². The van der Waals surface area contributed by atoms with Crippen molar-refractivity contribution in [2.75, 3.05) is 13.2 Å². The lowest BCUT2D eigenvalue weighted by molar-refractivity contribution is 0.245. The SMILES string of the molecule is N#Cc1ccccc1C1(CO)C=CC=C2NCC=C21. The van der Waals surface area contributed by atoms with E-state index < -0.39 is 5.41 Å². The molecule has 0 aromatic heterocycles. The first-order valence-corrected chi connectivity index (χ1v) is 6.27.